The van der Waals surface area contributed by atoms with E-state index in [4.69, 9.17) is 0 Å². The zero-order chi connectivity index (χ0) is 11.3. The summed E-state index contributed by atoms with van der Waals surface area (Å²) in [7, 11) is 1.33. The van der Waals surface area contributed by atoms with Crippen LogP contribution in [0, 0.1) is 0 Å². The van der Waals surface area contributed by atoms with E-state index in [0.29, 0.717) is 18.4 Å². The van der Waals surface area contributed by atoms with Crippen molar-refractivity contribution in [2.24, 2.45) is 0 Å². The third-order valence-electron chi connectivity index (χ3n) is 1.98. The molecule has 1 heterocycles. The molecule has 0 saturated carbocycles. The van der Waals surface area contributed by atoms with Gasteiger partial charge in [-0.2, -0.15) is 0 Å². The molecule has 0 bridgehead atoms. The van der Waals surface area contributed by atoms with Crippen molar-refractivity contribution in [1.29, 1.82) is 0 Å². The number of carbonyl (C=O) groups excluding carboxylic acids is 2. The fourth-order valence-electron chi connectivity index (χ4n) is 1.12. The lowest BCUT2D eigenvalue weighted by Gasteiger charge is -2.00. The number of ketones is 1. The average Bonchev–Trinajstić information content (AvgIpc) is 2.26. The normalized spacial score (nSPS) is 9.73. The topological polar surface area (TPSA) is 56.3 Å². The van der Waals surface area contributed by atoms with E-state index in [9.17, 15) is 9.59 Å². The van der Waals surface area contributed by atoms with Crippen LogP contribution in [0.25, 0.3) is 0 Å². The third-order valence-corrected chi connectivity index (χ3v) is 1.98. The lowest BCUT2D eigenvalue weighted by atomic mass is 10.1. The molecule has 0 aliphatic rings. The van der Waals surface area contributed by atoms with E-state index in [1.54, 1.807) is 19.1 Å². The summed E-state index contributed by atoms with van der Waals surface area (Å²) in [5, 5.41) is 0. The number of carbonyl (C=O) groups is 2. The van der Waals surface area contributed by atoms with Crippen LogP contribution in [-0.4, -0.2) is 23.8 Å². The third kappa shape index (κ3) is 3.50. The molecule has 0 fully saturated rings. The number of hydrogen-bond acceptors (Lipinski definition) is 4. The van der Waals surface area contributed by atoms with Crippen LogP contribution in [0.3, 0.4) is 0 Å². The predicted molar refractivity (Wildman–Crippen MR) is 54.6 cm³/mol. The first-order valence-corrected chi connectivity index (χ1v) is 4.66. The zero-order valence-electron chi connectivity index (χ0n) is 8.82. The van der Waals surface area contributed by atoms with E-state index in [1.807, 2.05) is 0 Å². The molecular formula is C11H13NO3. The highest BCUT2D eigenvalue weighted by Crippen LogP contribution is 2.04. The standard InChI is InChI=1S/C11H13NO3/c1-8(13)3-5-10-6-4-9(7-12-10)11(14)15-2/h4,6-7H,3,5H2,1-2H3. The highest BCUT2D eigenvalue weighted by atomic mass is 16.5. The molecular weight excluding hydrogens is 194 g/mol. The molecule has 0 radical (unpaired) electrons. The average molecular weight is 207 g/mol. The Bertz CT molecular complexity index is 357. The summed E-state index contributed by atoms with van der Waals surface area (Å²) < 4.78 is 4.54. The van der Waals surface area contributed by atoms with Crippen LogP contribution in [0.4, 0.5) is 0 Å². The van der Waals surface area contributed by atoms with Gasteiger partial charge in [-0.1, -0.05) is 0 Å². The van der Waals surface area contributed by atoms with Crippen molar-refractivity contribution in [2.45, 2.75) is 19.8 Å². The highest BCUT2D eigenvalue weighted by Gasteiger charge is 2.05. The molecule has 1 aromatic heterocycles. The summed E-state index contributed by atoms with van der Waals surface area (Å²) in [6.07, 6.45) is 2.54. The van der Waals surface area contributed by atoms with Gasteiger partial charge in [0.25, 0.3) is 0 Å². The molecule has 0 spiro atoms. The van der Waals surface area contributed by atoms with Crippen molar-refractivity contribution in [1.82, 2.24) is 4.98 Å². The fourth-order valence-corrected chi connectivity index (χ4v) is 1.12. The minimum absolute atomic E-state index is 0.133. The van der Waals surface area contributed by atoms with Gasteiger partial charge >= 0.3 is 5.97 Å². The minimum Gasteiger partial charge on any atom is -0.465 e. The Labute approximate surface area is 88.3 Å². The lowest BCUT2D eigenvalue weighted by Crippen LogP contribution is -2.03. The zero-order valence-corrected chi connectivity index (χ0v) is 8.82. The molecule has 0 N–H and O–H groups in total. The maximum absolute atomic E-state index is 11.1. The van der Waals surface area contributed by atoms with E-state index in [-0.39, 0.29) is 5.78 Å². The van der Waals surface area contributed by atoms with E-state index in [1.165, 1.54) is 13.3 Å². The molecule has 0 amide bonds. The molecule has 1 aromatic rings. The maximum atomic E-state index is 11.1. The summed E-state index contributed by atoms with van der Waals surface area (Å²) in [5.74, 6) is -0.269. The van der Waals surface area contributed by atoms with Crippen molar-refractivity contribution in [3.05, 3.63) is 29.6 Å². The van der Waals surface area contributed by atoms with Crippen LogP contribution in [0.15, 0.2) is 18.3 Å². The number of rotatable bonds is 4. The van der Waals surface area contributed by atoms with Crippen LogP contribution in [-0.2, 0) is 16.0 Å². The molecule has 15 heavy (non-hydrogen) atoms. The van der Waals surface area contributed by atoms with Crippen molar-refractivity contribution in [3.8, 4) is 0 Å². The van der Waals surface area contributed by atoms with E-state index < -0.39 is 5.97 Å². The highest BCUT2D eigenvalue weighted by molar-refractivity contribution is 5.88. The molecule has 4 nitrogen and oxygen atoms in total. The monoisotopic (exact) mass is 207 g/mol. The first-order valence-electron chi connectivity index (χ1n) is 4.66. The van der Waals surface area contributed by atoms with Gasteiger partial charge in [0.15, 0.2) is 0 Å². The van der Waals surface area contributed by atoms with Crippen LogP contribution in [0.2, 0.25) is 0 Å². The molecule has 0 saturated heterocycles. The molecule has 1 rings (SSSR count). The Balaban J connectivity index is 2.64. The van der Waals surface area contributed by atoms with Crippen LogP contribution < -0.4 is 0 Å². The summed E-state index contributed by atoms with van der Waals surface area (Å²) >= 11 is 0. The number of esters is 1. The Morgan fingerprint density at radius 3 is 2.60 bits per heavy atom. The number of nitrogens with zero attached hydrogens (tertiary/aromatic N) is 1. The van der Waals surface area contributed by atoms with Gasteiger partial charge < -0.3 is 9.53 Å². The van der Waals surface area contributed by atoms with Gasteiger partial charge in [0.1, 0.15) is 5.78 Å². The van der Waals surface area contributed by atoms with E-state index in [2.05, 4.69) is 9.72 Å². The van der Waals surface area contributed by atoms with Gasteiger partial charge in [-0.25, -0.2) is 4.79 Å². The number of hydrogen-bond donors (Lipinski definition) is 0. The van der Waals surface area contributed by atoms with Crippen molar-refractivity contribution in [2.75, 3.05) is 7.11 Å². The fraction of sp³-hybridized carbons (Fsp3) is 0.364. The number of Topliss-reactive ketones (excluding diaryl/α,β-unsaturated/α-hetero) is 1. The first kappa shape index (κ1) is 11.4. The molecule has 0 aromatic carbocycles. The molecule has 4 heteroatoms. The molecule has 80 valence electrons. The Hall–Kier alpha value is -1.71. The van der Waals surface area contributed by atoms with Crippen LogP contribution in [0.5, 0.6) is 0 Å². The van der Waals surface area contributed by atoms with Gasteiger partial charge in [-0.05, 0) is 25.5 Å². The quantitative estimate of drug-likeness (QED) is 0.700. The molecule has 0 aliphatic carbocycles. The Morgan fingerprint density at radius 1 is 1.40 bits per heavy atom. The second-order valence-corrected chi connectivity index (χ2v) is 3.23. The smallest absolute Gasteiger partial charge is 0.339 e. The molecule has 0 atom stereocenters. The predicted octanol–water partition coefficient (Wildman–Crippen LogP) is 1.39. The number of methoxy groups -OCH3 is 1. The van der Waals surface area contributed by atoms with Gasteiger partial charge in [0.05, 0.1) is 12.7 Å². The number of aromatic nitrogens is 1. The summed E-state index contributed by atoms with van der Waals surface area (Å²) in [6, 6.07) is 3.38. The first-order chi connectivity index (χ1) is 7.13. The minimum atomic E-state index is -0.402. The Kier molecular flexibility index (Phi) is 3.97. The number of pyridine rings is 1. The van der Waals surface area contributed by atoms with Crippen molar-refractivity contribution in [3.63, 3.8) is 0 Å². The summed E-state index contributed by atoms with van der Waals surface area (Å²) in [4.78, 5) is 25.9. The van der Waals surface area contributed by atoms with Crippen LogP contribution >= 0.6 is 0 Å². The van der Waals surface area contributed by atoms with Gasteiger partial charge in [0, 0.05) is 18.3 Å². The van der Waals surface area contributed by atoms with Gasteiger partial charge in [0.2, 0.25) is 0 Å². The van der Waals surface area contributed by atoms with E-state index in [0.717, 1.165) is 5.69 Å². The SMILES string of the molecule is COC(=O)c1ccc(CCC(C)=O)nc1. The number of ether oxygens (including phenoxy) is 1. The van der Waals surface area contributed by atoms with Gasteiger partial charge in [-0.3, -0.25) is 4.98 Å². The molecule has 0 unspecified atom stereocenters. The van der Waals surface area contributed by atoms with Crippen molar-refractivity contribution < 1.29 is 14.3 Å². The summed E-state index contributed by atoms with van der Waals surface area (Å²) in [5.41, 5.74) is 1.22. The lowest BCUT2D eigenvalue weighted by molar-refractivity contribution is -0.117. The summed E-state index contributed by atoms with van der Waals surface area (Å²) in [6.45, 7) is 1.54. The van der Waals surface area contributed by atoms with Gasteiger partial charge in [-0.15, -0.1) is 0 Å². The van der Waals surface area contributed by atoms with Crippen molar-refractivity contribution >= 4 is 11.8 Å². The van der Waals surface area contributed by atoms with E-state index >= 15 is 0 Å². The second kappa shape index (κ2) is 5.24. The largest absolute Gasteiger partial charge is 0.465 e. The number of aryl methyl sites for hydroxylation is 1. The molecule has 0 aliphatic heterocycles. The Morgan fingerprint density at radius 2 is 2.13 bits per heavy atom. The second-order valence-electron chi connectivity index (χ2n) is 3.23. The maximum Gasteiger partial charge on any atom is 0.339 e. The van der Waals surface area contributed by atoms with Crippen LogP contribution in [0.1, 0.15) is 29.4 Å².